The molecule has 3 nitrogen and oxygen atoms in total. The van der Waals surface area contributed by atoms with E-state index in [2.05, 4.69) is 0 Å². The normalized spacial score (nSPS) is 10.6. The van der Waals surface area contributed by atoms with Gasteiger partial charge < -0.3 is 10.6 Å². The van der Waals surface area contributed by atoms with Crippen LogP contribution in [-0.2, 0) is 6.54 Å². The maximum Gasteiger partial charge on any atom is 0.254 e. The van der Waals surface area contributed by atoms with Crippen LogP contribution in [0.2, 0.25) is 9.36 Å². The first-order valence-corrected chi connectivity index (χ1v) is 7.67. The standard InChI is InChI=1S/C14H14Cl2N2OS/c1-2-18(8-10-4-6-13(16)20-10)14(19)9-3-5-11(15)12(17)7-9/h3-7H,2,8,17H2,1H3. The van der Waals surface area contributed by atoms with Gasteiger partial charge >= 0.3 is 0 Å². The van der Waals surface area contributed by atoms with E-state index in [9.17, 15) is 4.79 Å². The third-order valence-electron chi connectivity index (χ3n) is 2.89. The monoisotopic (exact) mass is 328 g/mol. The van der Waals surface area contributed by atoms with E-state index in [1.165, 1.54) is 11.3 Å². The van der Waals surface area contributed by atoms with Crippen molar-refractivity contribution in [1.29, 1.82) is 0 Å². The Morgan fingerprint density at radius 1 is 1.30 bits per heavy atom. The largest absolute Gasteiger partial charge is 0.398 e. The van der Waals surface area contributed by atoms with Gasteiger partial charge in [0.1, 0.15) is 0 Å². The lowest BCUT2D eigenvalue weighted by molar-refractivity contribution is 0.0754. The van der Waals surface area contributed by atoms with E-state index in [-0.39, 0.29) is 5.91 Å². The summed E-state index contributed by atoms with van der Waals surface area (Å²) in [5, 5.41) is 0.453. The molecule has 0 aliphatic heterocycles. The second-order valence-corrected chi connectivity index (χ2v) is 6.47. The number of anilines is 1. The zero-order chi connectivity index (χ0) is 14.7. The molecule has 0 aliphatic carbocycles. The number of nitrogen functional groups attached to an aromatic ring is 1. The molecular weight excluding hydrogens is 315 g/mol. The molecule has 1 heterocycles. The minimum Gasteiger partial charge on any atom is -0.398 e. The Bertz CT molecular complexity index is 627. The number of benzene rings is 1. The second-order valence-electron chi connectivity index (χ2n) is 4.26. The average Bonchev–Trinajstić information content (AvgIpc) is 2.84. The number of hydrogen-bond acceptors (Lipinski definition) is 3. The highest BCUT2D eigenvalue weighted by atomic mass is 35.5. The minimum atomic E-state index is -0.0691. The molecule has 1 aromatic heterocycles. The van der Waals surface area contributed by atoms with Gasteiger partial charge in [-0.05, 0) is 37.3 Å². The molecule has 2 rings (SSSR count). The first kappa shape index (κ1) is 15.2. The Hall–Kier alpha value is -1.23. The number of halogens is 2. The van der Waals surface area contributed by atoms with E-state index in [4.69, 9.17) is 28.9 Å². The number of nitrogens with zero attached hydrogens (tertiary/aromatic N) is 1. The molecule has 2 N–H and O–H groups in total. The Kier molecular flexibility index (Phi) is 4.91. The molecule has 0 radical (unpaired) electrons. The fourth-order valence-corrected chi connectivity index (χ4v) is 3.03. The Morgan fingerprint density at radius 3 is 2.60 bits per heavy atom. The van der Waals surface area contributed by atoms with Crippen molar-refractivity contribution in [3.05, 3.63) is 50.1 Å². The molecule has 0 bridgehead atoms. The van der Waals surface area contributed by atoms with Gasteiger partial charge in [-0.3, -0.25) is 4.79 Å². The Balaban J connectivity index is 2.18. The van der Waals surface area contributed by atoms with Crippen molar-refractivity contribution in [2.45, 2.75) is 13.5 Å². The first-order chi connectivity index (χ1) is 9.51. The number of thiophene rings is 1. The van der Waals surface area contributed by atoms with Crippen molar-refractivity contribution in [3.8, 4) is 0 Å². The molecule has 0 saturated heterocycles. The van der Waals surface area contributed by atoms with Crippen molar-refractivity contribution >= 4 is 46.1 Å². The predicted octanol–water partition coefficient (Wildman–Crippen LogP) is 4.30. The maximum absolute atomic E-state index is 12.4. The summed E-state index contributed by atoms with van der Waals surface area (Å²) in [6, 6.07) is 8.69. The molecule has 106 valence electrons. The van der Waals surface area contributed by atoms with Gasteiger partial charge in [0.15, 0.2) is 0 Å². The molecular formula is C14H14Cl2N2OS. The molecule has 20 heavy (non-hydrogen) atoms. The lowest BCUT2D eigenvalue weighted by Crippen LogP contribution is -2.30. The highest BCUT2D eigenvalue weighted by Gasteiger charge is 2.16. The summed E-state index contributed by atoms with van der Waals surface area (Å²) in [4.78, 5) is 15.2. The molecule has 0 spiro atoms. The van der Waals surface area contributed by atoms with Crippen LogP contribution >= 0.6 is 34.5 Å². The van der Waals surface area contributed by atoms with Crippen LogP contribution in [0.25, 0.3) is 0 Å². The molecule has 0 unspecified atom stereocenters. The van der Waals surface area contributed by atoms with Crippen LogP contribution in [0.4, 0.5) is 5.69 Å². The van der Waals surface area contributed by atoms with Gasteiger partial charge in [-0.1, -0.05) is 23.2 Å². The third kappa shape index (κ3) is 3.45. The quantitative estimate of drug-likeness (QED) is 0.850. The molecule has 6 heteroatoms. The van der Waals surface area contributed by atoms with Gasteiger partial charge in [0.25, 0.3) is 5.91 Å². The second kappa shape index (κ2) is 6.48. The van der Waals surface area contributed by atoms with E-state index in [1.54, 1.807) is 23.1 Å². The van der Waals surface area contributed by atoms with Gasteiger partial charge in [0.2, 0.25) is 0 Å². The zero-order valence-electron chi connectivity index (χ0n) is 10.9. The summed E-state index contributed by atoms with van der Waals surface area (Å²) in [6.07, 6.45) is 0. The summed E-state index contributed by atoms with van der Waals surface area (Å²) < 4.78 is 0.722. The number of rotatable bonds is 4. The maximum atomic E-state index is 12.4. The van der Waals surface area contributed by atoms with Crippen LogP contribution in [0.1, 0.15) is 22.2 Å². The van der Waals surface area contributed by atoms with E-state index in [0.717, 1.165) is 9.21 Å². The van der Waals surface area contributed by atoms with Crippen molar-refractivity contribution in [1.82, 2.24) is 4.90 Å². The van der Waals surface area contributed by atoms with E-state index in [0.29, 0.717) is 29.4 Å². The van der Waals surface area contributed by atoms with Crippen molar-refractivity contribution in [2.24, 2.45) is 0 Å². The van der Waals surface area contributed by atoms with Crippen molar-refractivity contribution < 1.29 is 4.79 Å². The van der Waals surface area contributed by atoms with E-state index in [1.807, 2.05) is 19.1 Å². The number of nitrogens with two attached hydrogens (primary N) is 1. The lowest BCUT2D eigenvalue weighted by Gasteiger charge is -2.20. The van der Waals surface area contributed by atoms with Crippen LogP contribution in [0.5, 0.6) is 0 Å². The molecule has 0 aliphatic rings. The molecule has 1 aromatic carbocycles. The Labute approximate surface area is 131 Å². The van der Waals surface area contributed by atoms with E-state index >= 15 is 0 Å². The number of hydrogen-bond donors (Lipinski definition) is 1. The molecule has 2 aromatic rings. The third-order valence-corrected chi connectivity index (χ3v) is 4.45. The molecule has 0 atom stereocenters. The lowest BCUT2D eigenvalue weighted by atomic mass is 10.1. The summed E-state index contributed by atoms with van der Waals surface area (Å²) in [5.41, 5.74) is 6.69. The molecule has 0 fully saturated rings. The molecule has 1 amide bonds. The summed E-state index contributed by atoms with van der Waals surface area (Å²) in [6.45, 7) is 3.08. The average molecular weight is 329 g/mol. The fraction of sp³-hybridized carbons (Fsp3) is 0.214. The smallest absolute Gasteiger partial charge is 0.254 e. The fourth-order valence-electron chi connectivity index (χ4n) is 1.81. The van der Waals surface area contributed by atoms with Crippen LogP contribution in [-0.4, -0.2) is 17.4 Å². The first-order valence-electron chi connectivity index (χ1n) is 6.09. The Morgan fingerprint density at radius 2 is 2.05 bits per heavy atom. The van der Waals surface area contributed by atoms with Crippen molar-refractivity contribution in [2.75, 3.05) is 12.3 Å². The van der Waals surface area contributed by atoms with Gasteiger partial charge in [-0.2, -0.15) is 0 Å². The molecule has 0 saturated carbocycles. The number of amides is 1. The topological polar surface area (TPSA) is 46.3 Å². The highest BCUT2D eigenvalue weighted by molar-refractivity contribution is 7.16. The number of carbonyl (C=O) groups is 1. The van der Waals surface area contributed by atoms with Crippen LogP contribution in [0.15, 0.2) is 30.3 Å². The highest BCUT2D eigenvalue weighted by Crippen LogP contribution is 2.24. The van der Waals surface area contributed by atoms with Crippen LogP contribution < -0.4 is 5.73 Å². The van der Waals surface area contributed by atoms with Gasteiger partial charge in [0, 0.05) is 17.0 Å². The summed E-state index contributed by atoms with van der Waals surface area (Å²) in [7, 11) is 0. The SMILES string of the molecule is CCN(Cc1ccc(Cl)s1)C(=O)c1ccc(Cl)c(N)c1. The van der Waals surface area contributed by atoms with Gasteiger partial charge in [-0.15, -0.1) is 11.3 Å². The van der Waals surface area contributed by atoms with Crippen molar-refractivity contribution in [3.63, 3.8) is 0 Å². The number of carbonyl (C=O) groups excluding carboxylic acids is 1. The van der Waals surface area contributed by atoms with Crippen LogP contribution in [0, 0.1) is 0 Å². The minimum absolute atomic E-state index is 0.0691. The van der Waals surface area contributed by atoms with Crippen LogP contribution in [0.3, 0.4) is 0 Å². The zero-order valence-corrected chi connectivity index (χ0v) is 13.2. The van der Waals surface area contributed by atoms with Gasteiger partial charge in [-0.25, -0.2) is 0 Å². The van der Waals surface area contributed by atoms with E-state index < -0.39 is 0 Å². The predicted molar refractivity (Wildman–Crippen MR) is 85.6 cm³/mol. The van der Waals surface area contributed by atoms with Gasteiger partial charge in [0.05, 0.1) is 21.6 Å². The summed E-state index contributed by atoms with van der Waals surface area (Å²) >= 11 is 13.2. The summed E-state index contributed by atoms with van der Waals surface area (Å²) in [5.74, 6) is -0.0691.